The van der Waals surface area contributed by atoms with E-state index in [2.05, 4.69) is 11.7 Å². The Bertz CT molecular complexity index is 1110. The zero-order valence-corrected chi connectivity index (χ0v) is 26.3. The van der Waals surface area contributed by atoms with Gasteiger partial charge in [0, 0.05) is 6.42 Å². The molecule has 0 aromatic rings. The standard InChI is InChI=1S/C28H33F21O2/c1-2-3-4-5-6-7-8-9-10-11-12-13-14-15-16-17-18(50)51-26(43,28(47,48)49)24(39,40)22(35,36)20(31,32)19(29,30)21(33,34)23(37,38)25(41,42)27(44,45)46/h9-10H,2-8,11-17H2,1H3/b10-9-. The summed E-state index contributed by atoms with van der Waals surface area (Å²) in [6.07, 6.45) is -5.59. The Morgan fingerprint density at radius 3 is 1.08 bits per heavy atom. The fourth-order valence-electron chi connectivity index (χ4n) is 4.21. The fraction of sp³-hybridized carbons (Fsp3) is 0.893. The number of ether oxygens (including phenoxy) is 1. The summed E-state index contributed by atoms with van der Waals surface area (Å²) < 4.78 is 285. The zero-order valence-electron chi connectivity index (χ0n) is 26.3. The number of carbonyl (C=O) groups is 1. The summed E-state index contributed by atoms with van der Waals surface area (Å²) in [5.41, 5.74) is 0. The van der Waals surface area contributed by atoms with Crippen molar-refractivity contribution in [3.8, 4) is 0 Å². The second kappa shape index (κ2) is 17.3. The van der Waals surface area contributed by atoms with Crippen LogP contribution in [0, 0.1) is 0 Å². The van der Waals surface area contributed by atoms with Crippen LogP contribution in [-0.2, 0) is 9.53 Å². The molecule has 0 radical (unpaired) electrons. The van der Waals surface area contributed by atoms with Gasteiger partial charge in [-0.1, -0.05) is 70.4 Å². The molecule has 0 amide bonds. The highest BCUT2D eigenvalue weighted by atomic mass is 19.4. The maximum atomic E-state index is 14.5. The first-order valence-corrected chi connectivity index (χ1v) is 15.0. The van der Waals surface area contributed by atoms with Crippen LogP contribution >= 0.6 is 0 Å². The van der Waals surface area contributed by atoms with Gasteiger partial charge >= 0.3 is 65.6 Å². The van der Waals surface area contributed by atoms with E-state index in [0.717, 1.165) is 44.9 Å². The largest absolute Gasteiger partial charge is 0.467 e. The molecule has 304 valence electrons. The van der Waals surface area contributed by atoms with Gasteiger partial charge in [-0.15, -0.1) is 0 Å². The van der Waals surface area contributed by atoms with E-state index in [9.17, 15) is 97.0 Å². The molecule has 51 heavy (non-hydrogen) atoms. The summed E-state index contributed by atoms with van der Waals surface area (Å²) >= 11 is 0. The number of unbranched alkanes of at least 4 members (excludes halogenated alkanes) is 11. The number of alkyl halides is 21. The average molecular weight is 801 g/mol. The van der Waals surface area contributed by atoms with Crippen molar-refractivity contribution in [2.45, 2.75) is 156 Å². The van der Waals surface area contributed by atoms with Gasteiger partial charge in [-0.25, -0.2) is 0 Å². The molecule has 0 fully saturated rings. The van der Waals surface area contributed by atoms with E-state index in [1.54, 1.807) is 0 Å². The molecule has 0 bridgehead atoms. The Kier molecular flexibility index (Phi) is 16.5. The molecule has 0 heterocycles. The third kappa shape index (κ3) is 9.84. The Balaban J connectivity index is 5.77. The van der Waals surface area contributed by atoms with Gasteiger partial charge in [0.05, 0.1) is 0 Å². The van der Waals surface area contributed by atoms with Crippen LogP contribution in [0.5, 0.6) is 0 Å². The number of rotatable bonds is 23. The highest BCUT2D eigenvalue weighted by Gasteiger charge is 2.98. The van der Waals surface area contributed by atoms with Gasteiger partial charge in [0.25, 0.3) is 0 Å². The molecule has 1 unspecified atom stereocenters. The molecule has 23 heteroatoms. The van der Waals surface area contributed by atoms with E-state index in [-0.39, 0.29) is 12.8 Å². The Labute approximate surface area is 277 Å². The van der Waals surface area contributed by atoms with Crippen molar-refractivity contribution in [1.82, 2.24) is 0 Å². The molecule has 0 aromatic heterocycles. The first-order valence-electron chi connectivity index (χ1n) is 15.0. The predicted molar refractivity (Wildman–Crippen MR) is 136 cm³/mol. The lowest BCUT2D eigenvalue weighted by atomic mass is 9.87. The van der Waals surface area contributed by atoms with Crippen LogP contribution in [0.15, 0.2) is 12.2 Å². The monoisotopic (exact) mass is 800 g/mol. The molecule has 0 saturated carbocycles. The van der Waals surface area contributed by atoms with E-state index < -0.39 is 78.5 Å². The van der Waals surface area contributed by atoms with Gasteiger partial charge in [-0.3, -0.25) is 4.79 Å². The lowest BCUT2D eigenvalue weighted by Gasteiger charge is -2.44. The summed E-state index contributed by atoms with van der Waals surface area (Å²) in [6, 6.07) is 0. The fourth-order valence-corrected chi connectivity index (χ4v) is 4.21. The second-order valence-electron chi connectivity index (χ2n) is 11.4. The van der Waals surface area contributed by atoms with Gasteiger partial charge in [0.2, 0.25) is 0 Å². The topological polar surface area (TPSA) is 26.3 Å². The van der Waals surface area contributed by atoms with E-state index >= 15 is 0 Å². The maximum absolute atomic E-state index is 14.5. The Morgan fingerprint density at radius 2 is 0.725 bits per heavy atom. The predicted octanol–water partition coefficient (Wildman–Crippen LogP) is 12.8. The normalized spacial score (nSPS) is 16.1. The highest BCUT2D eigenvalue weighted by molar-refractivity contribution is 5.70. The molecule has 1 atom stereocenters. The molecular weight excluding hydrogens is 767 g/mol. The Hall–Kier alpha value is -2.26. The molecule has 2 nitrogen and oxygen atoms in total. The minimum Gasteiger partial charge on any atom is -0.415 e. The van der Waals surface area contributed by atoms with Gasteiger partial charge in [-0.2, -0.15) is 92.2 Å². The molecular formula is C28H33F21O2. The number of allylic oxidation sites excluding steroid dienone is 2. The first kappa shape index (κ1) is 48.7. The average Bonchev–Trinajstić information content (AvgIpc) is 2.97. The molecule has 0 rings (SSSR count). The van der Waals surface area contributed by atoms with Crippen molar-refractivity contribution >= 4 is 5.97 Å². The number of hydrogen-bond donors (Lipinski definition) is 0. The van der Waals surface area contributed by atoms with E-state index in [0.29, 0.717) is 19.3 Å². The minimum absolute atomic E-state index is 0.162. The summed E-state index contributed by atoms with van der Waals surface area (Å²) in [4.78, 5) is 11.7. The number of hydrogen-bond acceptors (Lipinski definition) is 2. The van der Waals surface area contributed by atoms with E-state index in [1.165, 1.54) is 0 Å². The van der Waals surface area contributed by atoms with Crippen molar-refractivity contribution in [2.75, 3.05) is 0 Å². The Morgan fingerprint density at radius 1 is 0.412 bits per heavy atom. The molecule has 0 aliphatic heterocycles. The quantitative estimate of drug-likeness (QED) is 0.0445. The molecule has 0 spiro atoms. The van der Waals surface area contributed by atoms with Crippen LogP contribution in [0.2, 0.25) is 0 Å². The van der Waals surface area contributed by atoms with Crippen LogP contribution in [0.3, 0.4) is 0 Å². The summed E-state index contributed by atoms with van der Waals surface area (Å²) in [6.45, 7) is 2.07. The molecule has 0 N–H and O–H groups in total. The summed E-state index contributed by atoms with van der Waals surface area (Å²) in [5, 5.41) is 0. The van der Waals surface area contributed by atoms with Crippen LogP contribution in [0.25, 0.3) is 0 Å². The molecule has 0 aromatic carbocycles. The zero-order chi connectivity index (χ0) is 40.6. The van der Waals surface area contributed by atoms with Crippen molar-refractivity contribution < 1.29 is 102 Å². The van der Waals surface area contributed by atoms with Crippen molar-refractivity contribution in [3.05, 3.63) is 12.2 Å². The summed E-state index contributed by atoms with van der Waals surface area (Å²) in [7, 11) is 0. The van der Waals surface area contributed by atoms with Crippen molar-refractivity contribution in [3.63, 3.8) is 0 Å². The van der Waals surface area contributed by atoms with Gasteiger partial charge < -0.3 is 4.74 Å². The maximum Gasteiger partial charge on any atom is 0.467 e. The molecule has 0 saturated heterocycles. The third-order valence-corrected chi connectivity index (χ3v) is 7.39. The van der Waals surface area contributed by atoms with Crippen LogP contribution in [0.4, 0.5) is 92.2 Å². The van der Waals surface area contributed by atoms with E-state index in [4.69, 9.17) is 0 Å². The third-order valence-electron chi connectivity index (χ3n) is 7.39. The highest BCUT2D eigenvalue weighted by Crippen LogP contribution is 2.66. The lowest BCUT2D eigenvalue weighted by molar-refractivity contribution is -0.484. The summed E-state index contributed by atoms with van der Waals surface area (Å²) in [5.74, 6) is -73.5. The molecule has 0 aliphatic rings. The van der Waals surface area contributed by atoms with Crippen molar-refractivity contribution in [2.24, 2.45) is 0 Å². The lowest BCUT2D eigenvalue weighted by Crippen LogP contribution is -2.77. The minimum atomic E-state index is -9.24. The van der Waals surface area contributed by atoms with Gasteiger partial charge in [0.15, 0.2) is 0 Å². The SMILES string of the molecule is CCCCCCCC/C=C\CCCCCCCC(=O)OC(F)(C(F)(F)F)C(F)(F)C(F)(F)C(F)(F)C(F)(F)C(F)(F)C(F)(F)C(F)(F)C(F)(F)F. The van der Waals surface area contributed by atoms with Crippen LogP contribution < -0.4 is 0 Å². The number of carbonyl (C=O) groups excluding carboxylic acids is 1. The first-order chi connectivity index (χ1) is 22.7. The smallest absolute Gasteiger partial charge is 0.415 e. The number of halogens is 21. The molecule has 0 aliphatic carbocycles. The van der Waals surface area contributed by atoms with Crippen molar-refractivity contribution in [1.29, 1.82) is 0 Å². The number of esters is 1. The van der Waals surface area contributed by atoms with Gasteiger partial charge in [0.1, 0.15) is 0 Å². The second-order valence-corrected chi connectivity index (χ2v) is 11.4. The van der Waals surface area contributed by atoms with Crippen LogP contribution in [-0.4, -0.2) is 65.6 Å². The van der Waals surface area contributed by atoms with Gasteiger partial charge in [-0.05, 0) is 32.1 Å². The van der Waals surface area contributed by atoms with Crippen LogP contribution in [0.1, 0.15) is 96.8 Å². The van der Waals surface area contributed by atoms with E-state index in [1.807, 2.05) is 12.2 Å².